The molecule has 28 heavy (non-hydrogen) atoms. The predicted molar refractivity (Wildman–Crippen MR) is 113 cm³/mol. The number of carbonyl (C=O) groups excluding carboxylic acids is 2. The topological polar surface area (TPSA) is 66.8 Å². The maximum Gasteiger partial charge on any atom is 0.290 e. The molecule has 0 unspecified atom stereocenters. The molecule has 0 saturated carbocycles. The Hall–Kier alpha value is -1.96. The van der Waals surface area contributed by atoms with Crippen LogP contribution in [0.5, 0.6) is 0 Å². The summed E-state index contributed by atoms with van der Waals surface area (Å²) >= 11 is 4.70. The predicted octanol–water partition coefficient (Wildman–Crippen LogP) is 4.90. The Kier molecular flexibility index (Phi) is 6.69. The average molecular weight is 464 g/mol. The van der Waals surface area contributed by atoms with E-state index < -0.39 is 17.7 Å². The zero-order valence-corrected chi connectivity index (χ0v) is 18.1. The second-order valence-electron chi connectivity index (χ2n) is 6.79. The van der Waals surface area contributed by atoms with Gasteiger partial charge in [-0.25, -0.2) is 0 Å². The molecule has 0 spiro atoms. The van der Waals surface area contributed by atoms with Crippen molar-refractivity contribution in [1.29, 1.82) is 0 Å². The lowest BCUT2D eigenvalue weighted by atomic mass is 9.95. The van der Waals surface area contributed by atoms with E-state index in [9.17, 15) is 14.7 Å². The van der Waals surface area contributed by atoms with Crippen molar-refractivity contribution >= 4 is 39.0 Å². The maximum atomic E-state index is 13.1. The van der Waals surface area contributed by atoms with Crippen LogP contribution >= 0.6 is 27.3 Å². The van der Waals surface area contributed by atoms with Gasteiger partial charge in [0.1, 0.15) is 0 Å². The molecule has 1 aliphatic heterocycles. The van der Waals surface area contributed by atoms with Crippen molar-refractivity contribution in [3.63, 3.8) is 0 Å². The molecule has 1 atom stereocenters. The van der Waals surface area contributed by atoms with Crippen molar-refractivity contribution in [2.45, 2.75) is 32.4 Å². The number of thiophene rings is 1. The number of nitrogens with zero attached hydrogens (tertiary/aromatic N) is 1. The molecule has 7 heteroatoms. The van der Waals surface area contributed by atoms with Crippen LogP contribution in [0.2, 0.25) is 0 Å². The Morgan fingerprint density at radius 1 is 1.29 bits per heavy atom. The van der Waals surface area contributed by atoms with E-state index in [1.54, 1.807) is 22.4 Å². The number of halogens is 1. The van der Waals surface area contributed by atoms with Crippen molar-refractivity contribution in [3.05, 3.63) is 68.0 Å². The summed E-state index contributed by atoms with van der Waals surface area (Å²) < 4.78 is 6.47. The molecule has 1 N–H and O–H groups in total. The number of ketones is 1. The molecule has 0 bridgehead atoms. The molecule has 0 fully saturated rings. The average Bonchev–Trinajstić information content (AvgIpc) is 3.28. The van der Waals surface area contributed by atoms with Crippen LogP contribution in [0.15, 0.2) is 57.6 Å². The summed E-state index contributed by atoms with van der Waals surface area (Å²) in [7, 11) is 0. The van der Waals surface area contributed by atoms with Crippen LogP contribution in [0.3, 0.4) is 0 Å². The van der Waals surface area contributed by atoms with Crippen LogP contribution in [-0.2, 0) is 9.53 Å². The van der Waals surface area contributed by atoms with Gasteiger partial charge < -0.3 is 14.7 Å². The third-order valence-electron chi connectivity index (χ3n) is 4.47. The van der Waals surface area contributed by atoms with E-state index in [1.165, 1.54) is 11.3 Å². The normalized spacial score (nSPS) is 17.1. The highest BCUT2D eigenvalue weighted by atomic mass is 79.9. The van der Waals surface area contributed by atoms with Gasteiger partial charge in [0.2, 0.25) is 5.78 Å². The molecule has 1 aromatic carbocycles. The molecule has 1 aromatic heterocycles. The van der Waals surface area contributed by atoms with Crippen LogP contribution in [0.1, 0.15) is 41.5 Å². The van der Waals surface area contributed by atoms with Crippen LogP contribution < -0.4 is 0 Å². The highest BCUT2D eigenvalue weighted by Crippen LogP contribution is 2.39. The van der Waals surface area contributed by atoms with Gasteiger partial charge in [0.05, 0.1) is 22.6 Å². The Morgan fingerprint density at radius 2 is 2.00 bits per heavy atom. The fourth-order valence-electron chi connectivity index (χ4n) is 3.20. The lowest BCUT2D eigenvalue weighted by Crippen LogP contribution is -2.32. The van der Waals surface area contributed by atoms with Gasteiger partial charge >= 0.3 is 0 Å². The van der Waals surface area contributed by atoms with Crippen LogP contribution in [0.4, 0.5) is 0 Å². The number of hydrogen-bond donors (Lipinski definition) is 1. The second-order valence-corrected chi connectivity index (χ2v) is 8.66. The van der Waals surface area contributed by atoms with Gasteiger partial charge in [0, 0.05) is 17.6 Å². The lowest BCUT2D eigenvalue weighted by Gasteiger charge is -2.27. The third kappa shape index (κ3) is 4.37. The molecular formula is C21H22BrNO4S. The zero-order valence-electron chi connectivity index (χ0n) is 15.7. The van der Waals surface area contributed by atoms with Crippen molar-refractivity contribution in [2.24, 2.45) is 0 Å². The third-order valence-corrected chi connectivity index (χ3v) is 5.87. The fourth-order valence-corrected chi connectivity index (χ4v) is 4.14. The van der Waals surface area contributed by atoms with Gasteiger partial charge in [-0.15, -0.1) is 11.3 Å². The smallest absolute Gasteiger partial charge is 0.290 e. The first kappa shape index (κ1) is 20.8. The number of Topliss-reactive ketones (excluding diaryl/α,β-unsaturated/α-hetero) is 1. The molecule has 2 aromatic rings. The van der Waals surface area contributed by atoms with Gasteiger partial charge in [-0.1, -0.05) is 34.1 Å². The minimum atomic E-state index is -0.616. The molecule has 5 nitrogen and oxygen atoms in total. The van der Waals surface area contributed by atoms with E-state index in [0.717, 1.165) is 10.0 Å². The minimum absolute atomic E-state index is 0.110. The zero-order chi connectivity index (χ0) is 20.3. The van der Waals surface area contributed by atoms with E-state index in [4.69, 9.17) is 4.74 Å². The van der Waals surface area contributed by atoms with Gasteiger partial charge in [0.25, 0.3) is 5.91 Å². The van der Waals surface area contributed by atoms with E-state index in [1.807, 2.05) is 38.1 Å². The van der Waals surface area contributed by atoms with E-state index in [2.05, 4.69) is 15.9 Å². The van der Waals surface area contributed by atoms with Crippen LogP contribution in [0, 0.1) is 0 Å². The number of ether oxygens (including phenoxy) is 1. The summed E-state index contributed by atoms with van der Waals surface area (Å²) in [5.74, 6) is -1.29. The molecule has 0 radical (unpaired) electrons. The summed E-state index contributed by atoms with van der Waals surface area (Å²) in [4.78, 5) is 27.9. The summed E-state index contributed by atoms with van der Waals surface area (Å²) in [6.45, 7) is 4.80. The molecule has 2 heterocycles. The first-order chi connectivity index (χ1) is 13.4. The Balaban J connectivity index is 1.93. The second kappa shape index (κ2) is 9.03. The Labute approximate surface area is 176 Å². The molecule has 1 amide bonds. The first-order valence-electron chi connectivity index (χ1n) is 9.09. The Morgan fingerprint density at radius 3 is 2.61 bits per heavy atom. The number of carbonyl (C=O) groups is 2. The van der Waals surface area contributed by atoms with Gasteiger partial charge in [-0.2, -0.15) is 0 Å². The van der Waals surface area contributed by atoms with E-state index in [0.29, 0.717) is 24.4 Å². The molecule has 0 aliphatic carbocycles. The number of aliphatic hydroxyl groups excluding tert-OH is 1. The molecular weight excluding hydrogens is 442 g/mol. The Bertz CT molecular complexity index is 874. The highest BCUT2D eigenvalue weighted by Gasteiger charge is 2.43. The largest absolute Gasteiger partial charge is 0.503 e. The van der Waals surface area contributed by atoms with Crippen molar-refractivity contribution in [3.8, 4) is 0 Å². The highest BCUT2D eigenvalue weighted by molar-refractivity contribution is 9.10. The number of hydrogen-bond acceptors (Lipinski definition) is 5. The van der Waals surface area contributed by atoms with Crippen molar-refractivity contribution < 1.29 is 19.4 Å². The summed E-state index contributed by atoms with van der Waals surface area (Å²) in [6.07, 6.45) is 0.726. The van der Waals surface area contributed by atoms with Gasteiger partial charge in [-0.3, -0.25) is 9.59 Å². The number of amides is 1. The lowest BCUT2D eigenvalue weighted by molar-refractivity contribution is -0.129. The number of rotatable bonds is 8. The number of aliphatic hydroxyl groups is 1. The summed E-state index contributed by atoms with van der Waals surface area (Å²) in [6, 6.07) is 10.3. The molecule has 3 rings (SSSR count). The van der Waals surface area contributed by atoms with Crippen molar-refractivity contribution in [2.75, 3.05) is 13.2 Å². The van der Waals surface area contributed by atoms with E-state index in [-0.39, 0.29) is 17.5 Å². The minimum Gasteiger partial charge on any atom is -0.503 e. The van der Waals surface area contributed by atoms with E-state index >= 15 is 0 Å². The van der Waals surface area contributed by atoms with Crippen LogP contribution in [0.25, 0.3) is 0 Å². The fraction of sp³-hybridized carbons (Fsp3) is 0.333. The monoisotopic (exact) mass is 463 g/mol. The first-order valence-corrected chi connectivity index (χ1v) is 10.8. The molecule has 148 valence electrons. The van der Waals surface area contributed by atoms with Gasteiger partial charge in [0.15, 0.2) is 5.76 Å². The van der Waals surface area contributed by atoms with Gasteiger partial charge in [-0.05, 0) is 49.4 Å². The number of benzene rings is 1. The molecule has 0 saturated heterocycles. The standard InChI is InChI=1S/C21H22BrNO4S/c1-13(2)27-11-4-10-23-18(14-6-8-15(22)9-7-14)17(20(25)21(23)26)19(24)16-5-3-12-28-16/h3,5-9,12-13,18,25H,4,10-11H2,1-2H3/t18-/m0/s1. The van der Waals surface area contributed by atoms with Crippen molar-refractivity contribution in [1.82, 2.24) is 4.90 Å². The maximum absolute atomic E-state index is 13.1. The molecule has 1 aliphatic rings. The SMILES string of the molecule is CC(C)OCCCN1C(=O)C(O)=C(C(=O)c2cccs2)[C@@H]1c1ccc(Br)cc1. The summed E-state index contributed by atoms with van der Waals surface area (Å²) in [5, 5.41) is 12.4. The van der Waals surface area contributed by atoms with Crippen LogP contribution in [-0.4, -0.2) is 41.0 Å². The summed E-state index contributed by atoms with van der Waals surface area (Å²) in [5.41, 5.74) is 0.921. The quantitative estimate of drug-likeness (QED) is 0.446.